The van der Waals surface area contributed by atoms with Crippen LogP contribution in [0.3, 0.4) is 0 Å². The number of halogens is 1. The number of piperazine rings is 1. The first-order valence-electron chi connectivity index (χ1n) is 7.57. The number of rotatable bonds is 6. The summed E-state index contributed by atoms with van der Waals surface area (Å²) in [5.74, 6) is -0.170. The van der Waals surface area contributed by atoms with Gasteiger partial charge in [-0.25, -0.2) is 4.39 Å². The van der Waals surface area contributed by atoms with Crippen LogP contribution in [0.2, 0.25) is 0 Å². The standard InChI is InChI=1S/C16H25FN2O2/c1-13(2)21-12-14(20)11-18-7-9-19(10-8-18)16-6-4-3-5-15(16)17/h3-6,13-14,20H,7-12H2,1-2H3/t14-/m1/s1. The lowest BCUT2D eigenvalue weighted by Crippen LogP contribution is -2.49. The molecule has 0 saturated carbocycles. The summed E-state index contributed by atoms with van der Waals surface area (Å²) in [6.45, 7) is 8.10. The van der Waals surface area contributed by atoms with E-state index in [1.807, 2.05) is 26.0 Å². The molecule has 1 atom stereocenters. The maximum atomic E-state index is 13.7. The zero-order valence-electron chi connectivity index (χ0n) is 12.8. The molecular formula is C16H25FN2O2. The Hall–Kier alpha value is -1.17. The van der Waals surface area contributed by atoms with E-state index >= 15 is 0 Å². The van der Waals surface area contributed by atoms with Crippen LogP contribution in [0.15, 0.2) is 24.3 Å². The molecule has 1 N–H and O–H groups in total. The van der Waals surface area contributed by atoms with Gasteiger partial charge in [0.15, 0.2) is 0 Å². The van der Waals surface area contributed by atoms with E-state index < -0.39 is 6.10 Å². The molecule has 1 fully saturated rings. The summed E-state index contributed by atoms with van der Waals surface area (Å²) < 4.78 is 19.2. The third-order valence-corrected chi connectivity index (χ3v) is 3.66. The van der Waals surface area contributed by atoms with Gasteiger partial charge in [-0.3, -0.25) is 4.90 Å². The molecule has 0 unspecified atom stereocenters. The van der Waals surface area contributed by atoms with Crippen molar-refractivity contribution in [2.75, 3.05) is 44.2 Å². The minimum atomic E-state index is -0.465. The number of aliphatic hydroxyl groups excluding tert-OH is 1. The number of nitrogens with zero attached hydrogens (tertiary/aromatic N) is 2. The highest BCUT2D eigenvalue weighted by atomic mass is 19.1. The average Bonchev–Trinajstić information content (AvgIpc) is 2.47. The number of hydrogen-bond acceptors (Lipinski definition) is 4. The second kappa shape index (κ2) is 7.73. The van der Waals surface area contributed by atoms with Crippen molar-refractivity contribution >= 4 is 5.69 Å². The van der Waals surface area contributed by atoms with E-state index in [0.717, 1.165) is 26.2 Å². The quantitative estimate of drug-likeness (QED) is 0.867. The molecule has 21 heavy (non-hydrogen) atoms. The van der Waals surface area contributed by atoms with Crippen LogP contribution in [-0.2, 0) is 4.74 Å². The molecular weight excluding hydrogens is 271 g/mol. The summed E-state index contributed by atoms with van der Waals surface area (Å²) in [4.78, 5) is 4.26. The smallest absolute Gasteiger partial charge is 0.146 e. The highest BCUT2D eigenvalue weighted by molar-refractivity contribution is 5.47. The molecule has 0 radical (unpaired) electrons. The summed E-state index contributed by atoms with van der Waals surface area (Å²) in [5, 5.41) is 9.94. The first kappa shape index (κ1) is 16.2. The van der Waals surface area contributed by atoms with E-state index in [4.69, 9.17) is 4.74 Å². The van der Waals surface area contributed by atoms with Gasteiger partial charge in [-0.15, -0.1) is 0 Å². The predicted octanol–water partition coefficient (Wildman–Crippen LogP) is 1.73. The Balaban J connectivity index is 1.77. The first-order valence-corrected chi connectivity index (χ1v) is 7.57. The van der Waals surface area contributed by atoms with E-state index in [9.17, 15) is 9.50 Å². The molecule has 1 aliphatic rings. The third-order valence-electron chi connectivity index (χ3n) is 3.66. The van der Waals surface area contributed by atoms with Gasteiger partial charge in [-0.05, 0) is 26.0 Å². The van der Waals surface area contributed by atoms with Gasteiger partial charge in [-0.2, -0.15) is 0 Å². The van der Waals surface area contributed by atoms with Gasteiger partial charge >= 0.3 is 0 Å². The van der Waals surface area contributed by atoms with Crippen molar-refractivity contribution in [1.29, 1.82) is 0 Å². The SMILES string of the molecule is CC(C)OC[C@H](O)CN1CCN(c2ccccc2F)CC1. The van der Waals surface area contributed by atoms with Crippen molar-refractivity contribution in [2.24, 2.45) is 0 Å². The van der Waals surface area contributed by atoms with Crippen LogP contribution >= 0.6 is 0 Å². The molecule has 1 aliphatic heterocycles. The maximum absolute atomic E-state index is 13.7. The largest absolute Gasteiger partial charge is 0.389 e. The second-order valence-electron chi connectivity index (χ2n) is 5.77. The lowest BCUT2D eigenvalue weighted by atomic mass is 10.2. The minimum absolute atomic E-state index is 0.137. The van der Waals surface area contributed by atoms with Crippen molar-refractivity contribution in [3.05, 3.63) is 30.1 Å². The number of hydrogen-bond donors (Lipinski definition) is 1. The fraction of sp³-hybridized carbons (Fsp3) is 0.625. The van der Waals surface area contributed by atoms with Gasteiger partial charge in [0.25, 0.3) is 0 Å². The second-order valence-corrected chi connectivity index (χ2v) is 5.77. The number of aliphatic hydroxyl groups is 1. The summed E-state index contributed by atoms with van der Waals surface area (Å²) in [6.07, 6.45) is -0.329. The number of benzene rings is 1. The zero-order valence-corrected chi connectivity index (χ0v) is 12.8. The van der Waals surface area contributed by atoms with Gasteiger partial charge in [-0.1, -0.05) is 12.1 Å². The monoisotopic (exact) mass is 296 g/mol. The Morgan fingerprint density at radius 1 is 1.19 bits per heavy atom. The molecule has 4 nitrogen and oxygen atoms in total. The lowest BCUT2D eigenvalue weighted by molar-refractivity contribution is -0.00900. The Kier molecular flexibility index (Phi) is 5.96. The molecule has 0 aliphatic carbocycles. The summed E-state index contributed by atoms with van der Waals surface area (Å²) in [6, 6.07) is 6.88. The summed E-state index contributed by atoms with van der Waals surface area (Å²) in [5.41, 5.74) is 0.667. The Morgan fingerprint density at radius 2 is 1.86 bits per heavy atom. The molecule has 1 saturated heterocycles. The highest BCUT2D eigenvalue weighted by Crippen LogP contribution is 2.20. The van der Waals surface area contributed by atoms with E-state index in [1.54, 1.807) is 6.07 Å². The minimum Gasteiger partial charge on any atom is -0.389 e. The van der Waals surface area contributed by atoms with Crippen LogP contribution in [-0.4, -0.2) is 61.5 Å². The van der Waals surface area contributed by atoms with E-state index in [-0.39, 0.29) is 11.9 Å². The third kappa shape index (κ3) is 4.95. The predicted molar refractivity (Wildman–Crippen MR) is 82.1 cm³/mol. The Bertz CT molecular complexity index is 434. The van der Waals surface area contributed by atoms with E-state index in [2.05, 4.69) is 9.80 Å². The molecule has 0 amide bonds. The summed E-state index contributed by atoms with van der Waals surface area (Å²) >= 11 is 0. The van der Waals surface area contributed by atoms with Gasteiger partial charge < -0.3 is 14.7 Å². The molecule has 2 rings (SSSR count). The van der Waals surface area contributed by atoms with Crippen molar-refractivity contribution < 1.29 is 14.2 Å². The Labute approximate surface area is 126 Å². The number of ether oxygens (including phenoxy) is 1. The topological polar surface area (TPSA) is 35.9 Å². The number of anilines is 1. The van der Waals surface area contributed by atoms with Crippen LogP contribution in [0.1, 0.15) is 13.8 Å². The molecule has 0 bridgehead atoms. The van der Waals surface area contributed by atoms with E-state index in [0.29, 0.717) is 18.8 Å². The maximum Gasteiger partial charge on any atom is 0.146 e. The van der Waals surface area contributed by atoms with Gasteiger partial charge in [0.05, 0.1) is 24.5 Å². The van der Waals surface area contributed by atoms with Crippen molar-refractivity contribution in [2.45, 2.75) is 26.1 Å². The average molecular weight is 296 g/mol. The molecule has 0 spiro atoms. The van der Waals surface area contributed by atoms with Crippen LogP contribution in [0.5, 0.6) is 0 Å². The number of para-hydroxylation sites is 1. The normalized spacial score (nSPS) is 18.2. The van der Waals surface area contributed by atoms with Crippen molar-refractivity contribution in [1.82, 2.24) is 4.90 Å². The zero-order chi connectivity index (χ0) is 15.2. The van der Waals surface area contributed by atoms with Gasteiger partial charge in [0.2, 0.25) is 0 Å². The molecule has 5 heteroatoms. The van der Waals surface area contributed by atoms with Crippen LogP contribution < -0.4 is 4.90 Å². The van der Waals surface area contributed by atoms with Gasteiger partial charge in [0.1, 0.15) is 5.82 Å². The molecule has 1 aromatic rings. The first-order chi connectivity index (χ1) is 10.1. The van der Waals surface area contributed by atoms with E-state index in [1.165, 1.54) is 6.07 Å². The van der Waals surface area contributed by atoms with Crippen LogP contribution in [0, 0.1) is 5.82 Å². The van der Waals surface area contributed by atoms with Crippen molar-refractivity contribution in [3.8, 4) is 0 Å². The molecule has 1 aromatic carbocycles. The lowest BCUT2D eigenvalue weighted by Gasteiger charge is -2.37. The number of β-amino-alcohol motifs (C(OH)–C–C–N with tert-alkyl or cyclic N) is 1. The van der Waals surface area contributed by atoms with Crippen molar-refractivity contribution in [3.63, 3.8) is 0 Å². The molecule has 0 aromatic heterocycles. The Morgan fingerprint density at radius 3 is 2.48 bits per heavy atom. The van der Waals surface area contributed by atoms with Crippen LogP contribution in [0.25, 0.3) is 0 Å². The fourth-order valence-electron chi connectivity index (χ4n) is 2.53. The van der Waals surface area contributed by atoms with Crippen LogP contribution in [0.4, 0.5) is 10.1 Å². The molecule has 1 heterocycles. The van der Waals surface area contributed by atoms with Gasteiger partial charge in [0, 0.05) is 32.7 Å². The fourth-order valence-corrected chi connectivity index (χ4v) is 2.53. The molecule has 118 valence electrons. The highest BCUT2D eigenvalue weighted by Gasteiger charge is 2.21. The summed E-state index contributed by atoms with van der Waals surface area (Å²) in [7, 11) is 0.